The van der Waals surface area contributed by atoms with E-state index >= 15 is 0 Å². The molecular weight excluding hydrogens is 478 g/mol. The van der Waals surface area contributed by atoms with Crippen molar-refractivity contribution in [3.63, 3.8) is 0 Å². The summed E-state index contributed by atoms with van der Waals surface area (Å²) >= 11 is 3.14. The van der Waals surface area contributed by atoms with E-state index in [1.54, 1.807) is 39.5 Å². The first-order valence-electron chi connectivity index (χ1n) is 11.1. The molecule has 1 saturated carbocycles. The third-order valence-corrected chi connectivity index (χ3v) is 9.64. The maximum atomic E-state index is 13.0. The number of hydrogen-bond acceptors (Lipinski definition) is 8. The zero-order valence-corrected chi connectivity index (χ0v) is 20.3. The molecule has 4 heterocycles. The summed E-state index contributed by atoms with van der Waals surface area (Å²) in [5.74, 6) is 2.32. The van der Waals surface area contributed by atoms with Crippen LogP contribution in [0.1, 0.15) is 31.5 Å². The number of rotatable bonds is 8. The van der Waals surface area contributed by atoms with E-state index in [1.165, 1.54) is 12.8 Å². The first kappa shape index (κ1) is 21.3. The highest BCUT2D eigenvalue weighted by Gasteiger charge is 2.29. The van der Waals surface area contributed by atoms with Gasteiger partial charge in [-0.05, 0) is 61.2 Å². The summed E-state index contributed by atoms with van der Waals surface area (Å²) in [4.78, 5) is 9.65. The van der Waals surface area contributed by atoms with Crippen LogP contribution in [0.25, 0.3) is 22.5 Å². The molecule has 4 aromatic rings. The van der Waals surface area contributed by atoms with Crippen LogP contribution in [-0.2, 0) is 22.3 Å². The molecule has 2 fully saturated rings. The van der Waals surface area contributed by atoms with Gasteiger partial charge in [-0.1, -0.05) is 16.9 Å². The monoisotopic (exact) mass is 501 g/mol. The number of sulfonamides is 1. The van der Waals surface area contributed by atoms with Gasteiger partial charge in [0.2, 0.25) is 10.0 Å². The van der Waals surface area contributed by atoms with Crippen molar-refractivity contribution in [2.24, 2.45) is 5.92 Å². The van der Waals surface area contributed by atoms with Crippen LogP contribution in [0.15, 0.2) is 49.6 Å². The molecule has 6 rings (SSSR count). The molecule has 11 heteroatoms. The van der Waals surface area contributed by atoms with E-state index in [0.717, 1.165) is 35.6 Å². The largest absolute Gasteiger partial charge is 0.334 e. The van der Waals surface area contributed by atoms with Gasteiger partial charge in [0.25, 0.3) is 5.89 Å². The van der Waals surface area contributed by atoms with Gasteiger partial charge in [0.1, 0.15) is 0 Å². The molecule has 33 heavy (non-hydrogen) atoms. The van der Waals surface area contributed by atoms with Crippen LogP contribution in [0.2, 0.25) is 0 Å². The lowest BCUT2D eigenvalue weighted by Crippen LogP contribution is -2.27. The van der Waals surface area contributed by atoms with Gasteiger partial charge in [0.15, 0.2) is 11.0 Å². The minimum absolute atomic E-state index is 0.322. The van der Waals surface area contributed by atoms with Crippen LogP contribution in [0.5, 0.6) is 0 Å². The summed E-state index contributed by atoms with van der Waals surface area (Å²) in [7, 11) is -3.47. The Bertz CT molecular complexity index is 1380. The van der Waals surface area contributed by atoms with E-state index in [9.17, 15) is 8.42 Å². The molecule has 8 nitrogen and oxygen atoms in total. The van der Waals surface area contributed by atoms with Gasteiger partial charge in [-0.3, -0.25) is 0 Å². The maximum absolute atomic E-state index is 13.0. The van der Waals surface area contributed by atoms with E-state index in [-0.39, 0.29) is 0 Å². The number of thioether (sulfide) groups is 1. The predicted molar refractivity (Wildman–Crippen MR) is 128 cm³/mol. The second-order valence-corrected chi connectivity index (χ2v) is 12.2. The van der Waals surface area contributed by atoms with Crippen LogP contribution in [0.4, 0.5) is 0 Å². The van der Waals surface area contributed by atoms with Gasteiger partial charge in [-0.25, -0.2) is 13.4 Å². The lowest BCUT2D eigenvalue weighted by molar-refractivity contribution is 0.425. The van der Waals surface area contributed by atoms with Crippen molar-refractivity contribution >= 4 is 44.2 Å². The second kappa shape index (κ2) is 8.53. The summed E-state index contributed by atoms with van der Waals surface area (Å²) in [6.07, 6.45) is 4.28. The fourth-order valence-electron chi connectivity index (χ4n) is 4.12. The molecule has 0 bridgehead atoms. The zero-order chi connectivity index (χ0) is 22.4. The Morgan fingerprint density at radius 2 is 2.00 bits per heavy atom. The molecule has 1 aromatic carbocycles. The minimum atomic E-state index is -3.47. The Morgan fingerprint density at radius 1 is 1.15 bits per heavy atom. The van der Waals surface area contributed by atoms with E-state index in [1.807, 2.05) is 22.9 Å². The molecule has 0 amide bonds. The Morgan fingerprint density at radius 3 is 2.76 bits per heavy atom. The van der Waals surface area contributed by atoms with Crippen LogP contribution in [-0.4, -0.2) is 45.5 Å². The van der Waals surface area contributed by atoms with Crippen molar-refractivity contribution in [3.05, 3.63) is 40.8 Å². The highest BCUT2D eigenvalue weighted by atomic mass is 32.2. The van der Waals surface area contributed by atoms with Crippen LogP contribution < -0.4 is 0 Å². The van der Waals surface area contributed by atoms with Gasteiger partial charge in [-0.15, -0.1) is 0 Å². The average Bonchev–Trinajstić information content (AvgIpc) is 3.33. The number of fused-ring (bicyclic) bond motifs is 1. The molecule has 1 aliphatic heterocycles. The molecule has 0 unspecified atom stereocenters. The highest BCUT2D eigenvalue weighted by molar-refractivity contribution is 7.98. The quantitative estimate of drug-likeness (QED) is 0.325. The van der Waals surface area contributed by atoms with E-state index in [0.29, 0.717) is 46.9 Å². The van der Waals surface area contributed by atoms with E-state index in [2.05, 4.69) is 14.7 Å². The summed E-state index contributed by atoms with van der Waals surface area (Å²) in [5, 5.41) is 8.92. The van der Waals surface area contributed by atoms with Crippen molar-refractivity contribution < 1.29 is 12.9 Å². The Kier molecular flexibility index (Phi) is 5.52. The van der Waals surface area contributed by atoms with Crippen molar-refractivity contribution in [1.29, 1.82) is 0 Å². The summed E-state index contributed by atoms with van der Waals surface area (Å²) in [6.45, 7) is 2.08. The molecule has 0 atom stereocenters. The second-order valence-electron chi connectivity index (χ2n) is 8.53. The fraction of sp³-hybridized carbons (Fsp3) is 0.409. The summed E-state index contributed by atoms with van der Waals surface area (Å²) in [6, 6.07) is 7.31. The number of aromatic nitrogens is 4. The first-order chi connectivity index (χ1) is 16.1. The molecule has 0 N–H and O–H groups in total. The number of benzene rings is 1. The average molecular weight is 502 g/mol. The third-order valence-electron chi connectivity index (χ3n) is 6.09. The zero-order valence-electron chi connectivity index (χ0n) is 17.9. The molecule has 172 valence electrons. The molecule has 1 aliphatic carbocycles. The summed E-state index contributed by atoms with van der Waals surface area (Å²) in [5.41, 5.74) is 2.61. The molecule has 0 radical (unpaired) electrons. The standard InChI is InChI=1S/C22H23N5O3S3/c28-33(29,26-8-1-2-9-26)17-5-6-19-18(11-17)23-22(27(19)12-15-3-4-15)32-14-20-24-21(30-25-20)16-7-10-31-13-16/h5-7,10-11,13,15H,1-4,8-9,12,14H2. The van der Waals surface area contributed by atoms with Crippen LogP contribution in [0, 0.1) is 5.92 Å². The number of thiophene rings is 1. The van der Waals surface area contributed by atoms with Gasteiger partial charge in [-0.2, -0.15) is 20.6 Å². The van der Waals surface area contributed by atoms with Gasteiger partial charge >= 0.3 is 0 Å². The van der Waals surface area contributed by atoms with Crippen LogP contribution >= 0.6 is 23.1 Å². The van der Waals surface area contributed by atoms with Crippen molar-refractivity contribution in [1.82, 2.24) is 24.0 Å². The Balaban J connectivity index is 1.29. The Hall–Kier alpha value is -2.21. The van der Waals surface area contributed by atoms with E-state index < -0.39 is 10.0 Å². The predicted octanol–water partition coefficient (Wildman–Crippen LogP) is 4.63. The van der Waals surface area contributed by atoms with E-state index in [4.69, 9.17) is 9.51 Å². The molecule has 0 spiro atoms. The van der Waals surface area contributed by atoms with Crippen molar-refractivity contribution in [2.75, 3.05) is 13.1 Å². The van der Waals surface area contributed by atoms with Crippen LogP contribution in [0.3, 0.4) is 0 Å². The fourth-order valence-corrected chi connectivity index (χ4v) is 7.15. The normalized spacial score (nSPS) is 17.3. The summed E-state index contributed by atoms with van der Waals surface area (Å²) < 4.78 is 35.2. The van der Waals surface area contributed by atoms with Gasteiger partial charge < -0.3 is 9.09 Å². The lowest BCUT2D eigenvalue weighted by atomic mass is 10.3. The lowest BCUT2D eigenvalue weighted by Gasteiger charge is -2.15. The van der Waals surface area contributed by atoms with Crippen molar-refractivity contribution in [3.8, 4) is 11.5 Å². The molecular formula is C22H23N5O3S3. The first-order valence-corrected chi connectivity index (χ1v) is 14.4. The number of nitrogens with zero attached hydrogens (tertiary/aromatic N) is 5. The smallest absolute Gasteiger partial charge is 0.258 e. The van der Waals surface area contributed by atoms with Gasteiger partial charge in [0, 0.05) is 25.0 Å². The van der Waals surface area contributed by atoms with Crippen molar-refractivity contribution in [2.45, 2.75) is 48.0 Å². The number of hydrogen-bond donors (Lipinski definition) is 0. The van der Waals surface area contributed by atoms with Gasteiger partial charge in [0.05, 0.1) is 27.2 Å². The number of imidazole rings is 1. The molecule has 2 aliphatic rings. The highest BCUT2D eigenvalue weighted by Crippen LogP contribution is 2.36. The third kappa shape index (κ3) is 4.23. The SMILES string of the molecule is O=S(=O)(c1ccc2c(c1)nc(SCc1noc(-c3ccsc3)n1)n2CC1CC1)N1CCCC1. The molecule has 1 saturated heterocycles. The topological polar surface area (TPSA) is 94.1 Å². The Labute approximate surface area is 200 Å². The molecule has 3 aromatic heterocycles. The minimum Gasteiger partial charge on any atom is -0.334 e. The maximum Gasteiger partial charge on any atom is 0.258 e.